The van der Waals surface area contributed by atoms with E-state index in [0.29, 0.717) is 12.0 Å². The summed E-state index contributed by atoms with van der Waals surface area (Å²) in [5.74, 6) is 1.57. The van der Waals surface area contributed by atoms with E-state index in [9.17, 15) is 0 Å². The zero-order valence-corrected chi connectivity index (χ0v) is 12.9. The maximum absolute atomic E-state index is 5.92. The molecule has 0 saturated heterocycles. The van der Waals surface area contributed by atoms with Gasteiger partial charge in [0, 0.05) is 6.04 Å². The van der Waals surface area contributed by atoms with Gasteiger partial charge in [-0.25, -0.2) is 0 Å². The highest BCUT2D eigenvalue weighted by Gasteiger charge is 2.06. The standard InChI is InChI=1S/C17H29NO/c1-5-18-15(4)10-8-9-13-19-17-12-7-6-11-16(17)14(2)3/h6-7,11-12,14-15,18H,5,8-10,13H2,1-4H3. The van der Waals surface area contributed by atoms with Crippen LogP contribution in [0.2, 0.25) is 0 Å². The molecule has 0 spiro atoms. The number of nitrogens with one attached hydrogen (secondary N) is 1. The molecule has 108 valence electrons. The number of hydrogen-bond donors (Lipinski definition) is 1. The summed E-state index contributed by atoms with van der Waals surface area (Å²) in [6, 6.07) is 8.99. The average Bonchev–Trinajstić information content (AvgIpc) is 2.39. The van der Waals surface area contributed by atoms with E-state index in [1.54, 1.807) is 0 Å². The van der Waals surface area contributed by atoms with Crippen LogP contribution in [0.4, 0.5) is 0 Å². The van der Waals surface area contributed by atoms with Gasteiger partial charge in [0.05, 0.1) is 6.61 Å². The second kappa shape index (κ2) is 8.98. The number of benzene rings is 1. The van der Waals surface area contributed by atoms with Crippen LogP contribution in [0.5, 0.6) is 5.75 Å². The van der Waals surface area contributed by atoms with Gasteiger partial charge in [0.1, 0.15) is 5.75 Å². The third-order valence-electron chi connectivity index (χ3n) is 3.38. The van der Waals surface area contributed by atoms with Crippen molar-refractivity contribution >= 4 is 0 Å². The van der Waals surface area contributed by atoms with E-state index in [1.165, 1.54) is 18.4 Å². The molecular weight excluding hydrogens is 234 g/mol. The van der Waals surface area contributed by atoms with E-state index in [0.717, 1.165) is 25.3 Å². The predicted octanol–water partition coefficient (Wildman–Crippen LogP) is 4.36. The van der Waals surface area contributed by atoms with Gasteiger partial charge in [-0.1, -0.05) is 39.0 Å². The molecule has 2 heteroatoms. The first kappa shape index (κ1) is 16.0. The van der Waals surface area contributed by atoms with Crippen molar-refractivity contribution in [1.29, 1.82) is 0 Å². The lowest BCUT2D eigenvalue weighted by molar-refractivity contribution is 0.298. The van der Waals surface area contributed by atoms with Crippen molar-refractivity contribution in [2.24, 2.45) is 0 Å². The van der Waals surface area contributed by atoms with Crippen molar-refractivity contribution in [2.45, 2.75) is 58.9 Å². The summed E-state index contributed by atoms with van der Waals surface area (Å²) in [5.41, 5.74) is 1.31. The zero-order valence-electron chi connectivity index (χ0n) is 12.9. The Morgan fingerprint density at radius 2 is 1.84 bits per heavy atom. The van der Waals surface area contributed by atoms with Crippen molar-refractivity contribution in [3.63, 3.8) is 0 Å². The van der Waals surface area contributed by atoms with Crippen LogP contribution in [0.15, 0.2) is 24.3 Å². The molecule has 0 heterocycles. The predicted molar refractivity (Wildman–Crippen MR) is 83.0 cm³/mol. The van der Waals surface area contributed by atoms with E-state index in [-0.39, 0.29) is 0 Å². The number of para-hydroxylation sites is 1. The Morgan fingerprint density at radius 1 is 1.11 bits per heavy atom. The molecule has 2 nitrogen and oxygen atoms in total. The van der Waals surface area contributed by atoms with Crippen LogP contribution in [0, 0.1) is 0 Å². The quantitative estimate of drug-likeness (QED) is 0.668. The van der Waals surface area contributed by atoms with Gasteiger partial charge < -0.3 is 10.1 Å². The Kier molecular flexibility index (Phi) is 7.57. The molecule has 1 atom stereocenters. The monoisotopic (exact) mass is 263 g/mol. The topological polar surface area (TPSA) is 21.3 Å². The Bertz CT molecular complexity index is 349. The molecule has 0 bridgehead atoms. The first-order valence-corrected chi connectivity index (χ1v) is 7.60. The van der Waals surface area contributed by atoms with E-state index >= 15 is 0 Å². The number of ether oxygens (including phenoxy) is 1. The molecule has 0 aliphatic heterocycles. The largest absolute Gasteiger partial charge is 0.493 e. The average molecular weight is 263 g/mol. The number of unbranched alkanes of at least 4 members (excludes halogenated alkanes) is 1. The van der Waals surface area contributed by atoms with Crippen LogP contribution in [-0.2, 0) is 0 Å². The summed E-state index contributed by atoms with van der Waals surface area (Å²) in [7, 11) is 0. The summed E-state index contributed by atoms with van der Waals surface area (Å²) < 4.78 is 5.92. The van der Waals surface area contributed by atoms with Gasteiger partial charge >= 0.3 is 0 Å². The molecule has 1 aromatic rings. The van der Waals surface area contributed by atoms with E-state index in [1.807, 2.05) is 0 Å². The normalized spacial score (nSPS) is 12.7. The fourth-order valence-corrected chi connectivity index (χ4v) is 2.27. The lowest BCUT2D eigenvalue weighted by atomic mass is 10.0. The number of rotatable bonds is 9. The van der Waals surface area contributed by atoms with Gasteiger partial charge in [-0.3, -0.25) is 0 Å². The molecule has 1 N–H and O–H groups in total. The van der Waals surface area contributed by atoms with E-state index < -0.39 is 0 Å². The summed E-state index contributed by atoms with van der Waals surface area (Å²) >= 11 is 0. The maximum atomic E-state index is 5.92. The third kappa shape index (κ3) is 6.11. The van der Waals surface area contributed by atoms with Crippen LogP contribution >= 0.6 is 0 Å². The van der Waals surface area contributed by atoms with Crippen molar-refractivity contribution in [3.05, 3.63) is 29.8 Å². The minimum Gasteiger partial charge on any atom is -0.493 e. The lowest BCUT2D eigenvalue weighted by Crippen LogP contribution is -2.25. The molecule has 0 aliphatic carbocycles. The van der Waals surface area contributed by atoms with Gasteiger partial charge in [-0.2, -0.15) is 0 Å². The molecule has 1 aromatic carbocycles. The maximum Gasteiger partial charge on any atom is 0.122 e. The Hall–Kier alpha value is -1.02. The highest BCUT2D eigenvalue weighted by molar-refractivity contribution is 5.35. The summed E-state index contributed by atoms with van der Waals surface area (Å²) in [4.78, 5) is 0. The van der Waals surface area contributed by atoms with Crippen molar-refractivity contribution in [3.8, 4) is 5.75 Å². The minimum atomic E-state index is 0.518. The Balaban J connectivity index is 2.26. The van der Waals surface area contributed by atoms with Crippen LogP contribution in [-0.4, -0.2) is 19.2 Å². The van der Waals surface area contributed by atoms with E-state index in [2.05, 4.69) is 57.3 Å². The fourth-order valence-electron chi connectivity index (χ4n) is 2.27. The number of hydrogen-bond acceptors (Lipinski definition) is 2. The Morgan fingerprint density at radius 3 is 2.53 bits per heavy atom. The van der Waals surface area contributed by atoms with Gasteiger partial charge in [0.15, 0.2) is 0 Å². The highest BCUT2D eigenvalue weighted by Crippen LogP contribution is 2.25. The lowest BCUT2D eigenvalue weighted by Gasteiger charge is -2.14. The smallest absolute Gasteiger partial charge is 0.122 e. The van der Waals surface area contributed by atoms with Gasteiger partial charge in [-0.15, -0.1) is 0 Å². The first-order valence-electron chi connectivity index (χ1n) is 7.60. The molecule has 19 heavy (non-hydrogen) atoms. The molecule has 0 aliphatic rings. The highest BCUT2D eigenvalue weighted by atomic mass is 16.5. The molecule has 1 rings (SSSR count). The zero-order chi connectivity index (χ0) is 14.1. The minimum absolute atomic E-state index is 0.518. The van der Waals surface area contributed by atoms with Gasteiger partial charge in [-0.05, 0) is 50.3 Å². The Labute approximate surface area is 118 Å². The van der Waals surface area contributed by atoms with Crippen molar-refractivity contribution in [1.82, 2.24) is 5.32 Å². The second-order valence-electron chi connectivity index (χ2n) is 5.50. The van der Waals surface area contributed by atoms with Crippen LogP contribution in [0.25, 0.3) is 0 Å². The summed E-state index contributed by atoms with van der Waals surface area (Å²) in [6.07, 6.45) is 3.57. The van der Waals surface area contributed by atoms with Gasteiger partial charge in [0.2, 0.25) is 0 Å². The van der Waals surface area contributed by atoms with Crippen LogP contribution < -0.4 is 10.1 Å². The van der Waals surface area contributed by atoms with Crippen molar-refractivity contribution in [2.75, 3.05) is 13.2 Å². The summed E-state index contributed by atoms with van der Waals surface area (Å²) in [5, 5.41) is 3.44. The fraction of sp³-hybridized carbons (Fsp3) is 0.647. The molecule has 0 aromatic heterocycles. The SMILES string of the molecule is CCNC(C)CCCCOc1ccccc1C(C)C. The first-order chi connectivity index (χ1) is 9.15. The molecular formula is C17H29NO. The third-order valence-corrected chi connectivity index (χ3v) is 3.38. The molecule has 0 amide bonds. The summed E-state index contributed by atoms with van der Waals surface area (Å²) in [6.45, 7) is 10.7. The molecule has 0 fully saturated rings. The second-order valence-corrected chi connectivity index (χ2v) is 5.50. The van der Waals surface area contributed by atoms with E-state index in [4.69, 9.17) is 4.74 Å². The molecule has 1 unspecified atom stereocenters. The van der Waals surface area contributed by atoms with Crippen molar-refractivity contribution < 1.29 is 4.74 Å². The van der Waals surface area contributed by atoms with Crippen LogP contribution in [0.3, 0.4) is 0 Å². The van der Waals surface area contributed by atoms with Crippen LogP contribution in [0.1, 0.15) is 58.4 Å². The molecule has 0 radical (unpaired) electrons. The molecule has 0 saturated carbocycles. The van der Waals surface area contributed by atoms with Gasteiger partial charge in [0.25, 0.3) is 0 Å².